The van der Waals surface area contributed by atoms with E-state index in [1.54, 1.807) is 6.92 Å². The maximum Gasteiger partial charge on any atom is 0.315 e. The quantitative estimate of drug-likeness (QED) is 0.0873. The van der Waals surface area contributed by atoms with E-state index in [0.717, 1.165) is 5.57 Å². The Labute approximate surface area is 396 Å². The molecule has 28 atom stereocenters. The first-order valence-electron chi connectivity index (χ1n) is 24.6. The van der Waals surface area contributed by atoms with Crippen molar-refractivity contribution in [2.75, 3.05) is 19.8 Å². The maximum absolute atomic E-state index is 15.0. The number of fused-ring (bicyclic) bond motifs is 7. The molecule has 8 rings (SSSR count). The molecular formula is C48H78O20. The Morgan fingerprint density at radius 3 is 2.00 bits per heavy atom. The molecule has 20 nitrogen and oxygen atoms in total. The molecule has 0 radical (unpaired) electrons. The number of aliphatic hydroxyl groups is 13. The predicted octanol–water partition coefficient (Wildman–Crippen LogP) is -2.06. The molecule has 3 heterocycles. The van der Waals surface area contributed by atoms with Gasteiger partial charge >= 0.3 is 5.97 Å². The van der Waals surface area contributed by atoms with Gasteiger partial charge in [0.1, 0.15) is 67.1 Å². The topological polar surface area (TPSA) is 335 Å². The zero-order valence-corrected chi connectivity index (χ0v) is 40.1. The largest absolute Gasteiger partial charge is 0.432 e. The van der Waals surface area contributed by atoms with Crippen molar-refractivity contribution in [3.63, 3.8) is 0 Å². The highest BCUT2D eigenvalue weighted by Gasteiger charge is 2.73. The summed E-state index contributed by atoms with van der Waals surface area (Å²) in [6.45, 7) is 12.1. The van der Waals surface area contributed by atoms with E-state index in [1.807, 2.05) is 0 Å². The highest BCUT2D eigenvalue weighted by molar-refractivity contribution is 5.79. The van der Waals surface area contributed by atoms with Gasteiger partial charge in [0.25, 0.3) is 0 Å². The van der Waals surface area contributed by atoms with Crippen molar-refractivity contribution in [1.82, 2.24) is 0 Å². The summed E-state index contributed by atoms with van der Waals surface area (Å²) in [5, 5.41) is 142. The van der Waals surface area contributed by atoms with E-state index in [1.165, 1.54) is 6.92 Å². The molecule has 0 amide bonds. The third kappa shape index (κ3) is 7.89. The third-order valence-corrected chi connectivity index (χ3v) is 19.6. The van der Waals surface area contributed by atoms with Crippen LogP contribution < -0.4 is 0 Å². The molecule has 0 aromatic rings. The fraction of sp³-hybridized carbons (Fsp3) is 0.938. The summed E-state index contributed by atoms with van der Waals surface area (Å²) in [7, 11) is 0. The summed E-state index contributed by atoms with van der Waals surface area (Å²) in [6, 6.07) is 0. The molecule has 0 bridgehead atoms. The Hall–Kier alpha value is -1.51. The van der Waals surface area contributed by atoms with E-state index in [4.69, 9.17) is 28.4 Å². The average molecular weight is 975 g/mol. The van der Waals surface area contributed by atoms with Crippen LogP contribution >= 0.6 is 0 Å². The summed E-state index contributed by atoms with van der Waals surface area (Å²) >= 11 is 0. The number of hydrogen-bond acceptors (Lipinski definition) is 20. The van der Waals surface area contributed by atoms with E-state index in [2.05, 4.69) is 40.7 Å². The third-order valence-electron chi connectivity index (χ3n) is 19.6. The molecule has 13 N–H and O–H groups in total. The lowest BCUT2D eigenvalue weighted by Crippen LogP contribution is -2.71. The van der Waals surface area contributed by atoms with E-state index >= 15 is 4.79 Å². The lowest BCUT2D eigenvalue weighted by atomic mass is 9.32. The number of allylic oxidation sites excluding steroid dienone is 2. The van der Waals surface area contributed by atoms with Gasteiger partial charge in [-0.2, -0.15) is 0 Å². The van der Waals surface area contributed by atoms with Gasteiger partial charge in [-0.1, -0.05) is 53.2 Å². The summed E-state index contributed by atoms with van der Waals surface area (Å²) < 4.78 is 34.6. The highest BCUT2D eigenvalue weighted by Crippen LogP contribution is 2.76. The van der Waals surface area contributed by atoms with Crippen molar-refractivity contribution in [1.29, 1.82) is 0 Å². The van der Waals surface area contributed by atoms with Gasteiger partial charge < -0.3 is 94.8 Å². The van der Waals surface area contributed by atoms with Crippen LogP contribution in [0.1, 0.15) is 93.4 Å². The molecule has 3 aliphatic heterocycles. The first-order chi connectivity index (χ1) is 31.8. The van der Waals surface area contributed by atoms with Crippen molar-refractivity contribution >= 4 is 5.97 Å². The Kier molecular flexibility index (Phi) is 14.6. The minimum Gasteiger partial charge on any atom is -0.432 e. The van der Waals surface area contributed by atoms with Gasteiger partial charge in [0.2, 0.25) is 6.29 Å². The Balaban J connectivity index is 0.994. The van der Waals surface area contributed by atoms with Crippen molar-refractivity contribution in [3.05, 3.63) is 11.6 Å². The normalized spacial score (nSPS) is 57.1. The van der Waals surface area contributed by atoms with Gasteiger partial charge in [-0.3, -0.25) is 4.79 Å². The van der Waals surface area contributed by atoms with Crippen LogP contribution in [-0.4, -0.2) is 203 Å². The number of carbonyl (C=O) groups excluding carboxylic acids is 1. The first kappa shape index (κ1) is 52.8. The molecule has 7 fully saturated rings. The zero-order valence-electron chi connectivity index (χ0n) is 40.1. The fourth-order valence-electron chi connectivity index (χ4n) is 15.4. The van der Waals surface area contributed by atoms with Crippen LogP contribution in [0.5, 0.6) is 0 Å². The predicted molar refractivity (Wildman–Crippen MR) is 233 cm³/mol. The van der Waals surface area contributed by atoms with Crippen molar-refractivity contribution in [3.8, 4) is 0 Å². The number of esters is 1. The second kappa shape index (κ2) is 18.8. The molecule has 0 aromatic heterocycles. The molecule has 0 spiro atoms. The molecule has 68 heavy (non-hydrogen) atoms. The number of aliphatic hydroxyl groups excluding tert-OH is 13. The Morgan fingerprint density at radius 2 is 1.34 bits per heavy atom. The molecular weight excluding hydrogens is 897 g/mol. The van der Waals surface area contributed by atoms with Crippen LogP contribution in [0.3, 0.4) is 0 Å². The summed E-state index contributed by atoms with van der Waals surface area (Å²) in [5.74, 6) is -1.31. The Bertz CT molecular complexity index is 1860. The SMILES string of the molecule is C[C@H]1[C@H](C)CC[C@]2(C(=O)O[C@@H]3O[C@H](CO[C@@H]4O[C@H](CO)[C@@H](O[C@@H]5O[C@@H](C)[C@H](O)[C@@H](O)[C@H]5O)[C@H](O)[C@H]4O)[C@@H](O)[C@H](O)[C@H]3O)CC[C@]3(C)C(=CC[C@@H]4[C@@]5(C)C[C@@H](O)[C@H](O)[C@@](C)(CO)C5[C@H](O)C[C@]43C)[C@H]12. The van der Waals surface area contributed by atoms with Gasteiger partial charge in [-0.05, 0) is 91.8 Å². The van der Waals surface area contributed by atoms with E-state index < -0.39 is 169 Å². The molecule has 3 saturated heterocycles. The van der Waals surface area contributed by atoms with Crippen LogP contribution in [0.2, 0.25) is 0 Å². The second-order valence-electron chi connectivity index (χ2n) is 23.1. The summed E-state index contributed by atoms with van der Waals surface area (Å²) in [4.78, 5) is 15.0. The molecule has 8 aliphatic rings. The van der Waals surface area contributed by atoms with Crippen LogP contribution in [0.25, 0.3) is 0 Å². The van der Waals surface area contributed by atoms with Gasteiger partial charge in [0.05, 0.1) is 49.7 Å². The first-order valence-corrected chi connectivity index (χ1v) is 24.6. The number of rotatable bonds is 9. The second-order valence-corrected chi connectivity index (χ2v) is 23.1. The molecule has 0 aromatic carbocycles. The minimum atomic E-state index is -1.89. The molecule has 5 aliphatic carbocycles. The van der Waals surface area contributed by atoms with Crippen LogP contribution in [0.15, 0.2) is 11.6 Å². The fourth-order valence-corrected chi connectivity index (χ4v) is 15.4. The van der Waals surface area contributed by atoms with Gasteiger partial charge in [0.15, 0.2) is 12.6 Å². The van der Waals surface area contributed by atoms with Crippen molar-refractivity contribution in [2.24, 2.45) is 56.7 Å². The monoisotopic (exact) mass is 975 g/mol. The molecule has 390 valence electrons. The number of hydrogen-bond donors (Lipinski definition) is 13. The summed E-state index contributed by atoms with van der Waals surface area (Å²) in [6.07, 6.45) is -22.3. The maximum atomic E-state index is 15.0. The van der Waals surface area contributed by atoms with Gasteiger partial charge in [0, 0.05) is 11.3 Å². The zero-order chi connectivity index (χ0) is 50.0. The van der Waals surface area contributed by atoms with E-state index in [-0.39, 0.29) is 30.1 Å². The lowest BCUT2D eigenvalue weighted by Gasteiger charge is -2.72. The van der Waals surface area contributed by atoms with E-state index in [9.17, 15) is 66.4 Å². The van der Waals surface area contributed by atoms with Crippen LogP contribution in [0, 0.1) is 56.7 Å². The number of ether oxygens (including phenoxy) is 6. The minimum absolute atomic E-state index is 0.0115. The average Bonchev–Trinajstić information content (AvgIpc) is 3.29. The standard InChI is InChI=1S/C48H78O20/c1-19-10-11-48(13-12-46(6)22(28(48)20(19)2)8-9-27-44(4)14-24(52)39(61)45(5,18-50)38(44)23(51)15-47(27,46)7)43(62)68-42-35(59)32(56)30(54)26(66-42)17-63-40-36(60)33(57)37(25(16-49)65-40)67-41-34(58)31(55)29(53)21(3)64-41/h8,19-21,23-42,49-61H,9-18H2,1-7H3/t19-,20+,21+,23-,24-,25-,26-,27-,28+,29+,30-,31-,32+,33-,34-,35-,36-,37-,38?,39+,40-,41+,42+,44-,45+,46-,47-,48+/m1/s1. The highest BCUT2D eigenvalue weighted by atomic mass is 16.8. The van der Waals surface area contributed by atoms with Gasteiger partial charge in [-0.25, -0.2) is 0 Å². The van der Waals surface area contributed by atoms with E-state index in [0.29, 0.717) is 38.5 Å². The van der Waals surface area contributed by atoms with Crippen LogP contribution in [0.4, 0.5) is 0 Å². The molecule has 20 heteroatoms. The van der Waals surface area contributed by atoms with Crippen molar-refractivity contribution < 1.29 is 99.6 Å². The number of carbonyl (C=O) groups is 1. The molecule has 4 saturated carbocycles. The van der Waals surface area contributed by atoms with Crippen molar-refractivity contribution in [2.45, 2.75) is 204 Å². The smallest absolute Gasteiger partial charge is 0.315 e. The Morgan fingerprint density at radius 1 is 0.706 bits per heavy atom. The van der Waals surface area contributed by atoms with Gasteiger partial charge in [-0.15, -0.1) is 0 Å². The lowest BCUT2D eigenvalue weighted by molar-refractivity contribution is -0.361. The summed E-state index contributed by atoms with van der Waals surface area (Å²) in [5.41, 5.74) is -2.84. The van der Waals surface area contributed by atoms with Crippen LogP contribution in [-0.2, 0) is 33.2 Å². The molecule has 1 unspecified atom stereocenters.